The average molecular weight is 479 g/mol. The number of aryl methyl sites for hydroxylation is 1. The van der Waals surface area contributed by atoms with Gasteiger partial charge in [0.1, 0.15) is 11.8 Å². The summed E-state index contributed by atoms with van der Waals surface area (Å²) >= 11 is 6.05. The molecule has 3 aromatic carbocycles. The lowest BCUT2D eigenvalue weighted by Gasteiger charge is -2.31. The molecule has 178 valence electrons. The lowest BCUT2D eigenvalue weighted by atomic mass is 10.0. The van der Waals surface area contributed by atoms with Gasteiger partial charge in [0.15, 0.2) is 6.61 Å². The highest BCUT2D eigenvalue weighted by Crippen LogP contribution is 2.19. The third kappa shape index (κ3) is 7.63. The third-order valence-electron chi connectivity index (χ3n) is 5.45. The molecule has 0 aliphatic rings. The number of rotatable bonds is 11. The number of hydrogen-bond acceptors (Lipinski definition) is 3. The molecule has 0 fully saturated rings. The van der Waals surface area contributed by atoms with Gasteiger partial charge in [-0.05, 0) is 42.7 Å². The zero-order chi connectivity index (χ0) is 24.3. The smallest absolute Gasteiger partial charge is 0.261 e. The SMILES string of the molecule is CCCNC(=O)[C@@H](Cc1ccccc1)N(Cc1ccc(C)cc1)C(=O)COc1cccc(Cl)c1. The van der Waals surface area contributed by atoms with Crippen LogP contribution in [0.3, 0.4) is 0 Å². The van der Waals surface area contributed by atoms with Gasteiger partial charge in [0.2, 0.25) is 5.91 Å². The van der Waals surface area contributed by atoms with Crippen molar-refractivity contribution < 1.29 is 14.3 Å². The number of ether oxygens (including phenoxy) is 1. The van der Waals surface area contributed by atoms with Crippen LogP contribution in [0, 0.1) is 6.92 Å². The van der Waals surface area contributed by atoms with Crippen molar-refractivity contribution in [3.8, 4) is 5.75 Å². The van der Waals surface area contributed by atoms with Crippen molar-refractivity contribution in [1.82, 2.24) is 10.2 Å². The summed E-state index contributed by atoms with van der Waals surface area (Å²) in [6, 6.07) is 24.0. The van der Waals surface area contributed by atoms with Gasteiger partial charge in [-0.3, -0.25) is 9.59 Å². The van der Waals surface area contributed by atoms with Crippen molar-refractivity contribution in [3.63, 3.8) is 0 Å². The van der Waals surface area contributed by atoms with Crippen LogP contribution in [0.5, 0.6) is 5.75 Å². The van der Waals surface area contributed by atoms with Gasteiger partial charge in [-0.2, -0.15) is 0 Å². The van der Waals surface area contributed by atoms with Crippen LogP contribution in [0.25, 0.3) is 0 Å². The van der Waals surface area contributed by atoms with E-state index in [-0.39, 0.29) is 18.4 Å². The second-order valence-electron chi connectivity index (χ2n) is 8.25. The molecule has 1 N–H and O–H groups in total. The molecule has 0 saturated carbocycles. The Morgan fingerprint density at radius 3 is 2.38 bits per heavy atom. The molecule has 34 heavy (non-hydrogen) atoms. The molecule has 0 aromatic heterocycles. The summed E-state index contributed by atoms with van der Waals surface area (Å²) < 4.78 is 5.74. The maximum Gasteiger partial charge on any atom is 0.261 e. The molecule has 0 heterocycles. The highest BCUT2D eigenvalue weighted by Gasteiger charge is 2.30. The van der Waals surface area contributed by atoms with Crippen LogP contribution in [0.4, 0.5) is 0 Å². The molecule has 0 bridgehead atoms. The van der Waals surface area contributed by atoms with Crippen LogP contribution < -0.4 is 10.1 Å². The molecule has 1 atom stereocenters. The number of benzene rings is 3. The fraction of sp³-hybridized carbons (Fsp3) is 0.286. The summed E-state index contributed by atoms with van der Waals surface area (Å²) in [5, 5.41) is 3.50. The lowest BCUT2D eigenvalue weighted by molar-refractivity contribution is -0.142. The Balaban J connectivity index is 1.88. The van der Waals surface area contributed by atoms with Gasteiger partial charge in [-0.15, -0.1) is 0 Å². The van der Waals surface area contributed by atoms with Gasteiger partial charge in [0.05, 0.1) is 0 Å². The first-order valence-corrected chi connectivity index (χ1v) is 11.9. The highest BCUT2D eigenvalue weighted by molar-refractivity contribution is 6.30. The minimum atomic E-state index is -0.675. The number of nitrogens with one attached hydrogen (secondary N) is 1. The molecule has 0 aliphatic heterocycles. The van der Waals surface area contributed by atoms with Crippen molar-refractivity contribution in [3.05, 3.63) is 101 Å². The largest absolute Gasteiger partial charge is 0.484 e. The molecular formula is C28H31ClN2O3. The maximum atomic E-state index is 13.5. The van der Waals surface area contributed by atoms with Gasteiger partial charge in [-0.25, -0.2) is 0 Å². The van der Waals surface area contributed by atoms with Crippen LogP contribution in [-0.2, 0) is 22.6 Å². The summed E-state index contributed by atoms with van der Waals surface area (Å²) in [4.78, 5) is 28.3. The predicted molar refractivity (Wildman–Crippen MR) is 136 cm³/mol. The number of carbonyl (C=O) groups excluding carboxylic acids is 2. The third-order valence-corrected chi connectivity index (χ3v) is 5.69. The quantitative estimate of drug-likeness (QED) is 0.412. The van der Waals surface area contributed by atoms with Gasteiger partial charge < -0.3 is 15.0 Å². The lowest BCUT2D eigenvalue weighted by Crippen LogP contribution is -2.51. The standard InChI is InChI=1S/C28H31ClN2O3/c1-3-16-30-28(33)26(17-22-8-5-4-6-9-22)31(19-23-14-12-21(2)13-15-23)27(32)20-34-25-11-7-10-24(29)18-25/h4-15,18,26H,3,16-17,19-20H2,1-2H3,(H,30,33)/t26-/m1/s1. The summed E-state index contributed by atoms with van der Waals surface area (Å²) in [6.45, 7) is 4.67. The van der Waals surface area contributed by atoms with Crippen molar-refractivity contribution in [2.75, 3.05) is 13.2 Å². The number of nitrogens with zero attached hydrogens (tertiary/aromatic N) is 1. The zero-order valence-corrected chi connectivity index (χ0v) is 20.4. The normalized spacial score (nSPS) is 11.5. The van der Waals surface area contributed by atoms with Crippen LogP contribution in [0.2, 0.25) is 5.02 Å². The minimum Gasteiger partial charge on any atom is -0.484 e. The second-order valence-corrected chi connectivity index (χ2v) is 8.69. The van der Waals surface area contributed by atoms with Gasteiger partial charge in [-0.1, -0.05) is 84.8 Å². The van der Waals surface area contributed by atoms with E-state index in [1.807, 2.05) is 68.4 Å². The summed E-state index contributed by atoms with van der Waals surface area (Å²) in [5.41, 5.74) is 3.06. The second kappa shape index (κ2) is 12.8. The Morgan fingerprint density at radius 1 is 0.971 bits per heavy atom. The minimum absolute atomic E-state index is 0.172. The van der Waals surface area contributed by atoms with Crippen LogP contribution in [0.15, 0.2) is 78.9 Å². The van der Waals surface area contributed by atoms with E-state index in [0.29, 0.717) is 30.3 Å². The molecule has 3 rings (SSSR count). The molecule has 0 spiro atoms. The number of carbonyl (C=O) groups is 2. The zero-order valence-electron chi connectivity index (χ0n) is 19.7. The number of halogens is 1. The Labute approximate surface area is 206 Å². The topological polar surface area (TPSA) is 58.6 Å². The number of amides is 2. The Kier molecular flexibility index (Phi) is 9.53. The molecule has 6 heteroatoms. The van der Waals surface area contributed by atoms with Crippen molar-refractivity contribution >= 4 is 23.4 Å². The first kappa shape index (κ1) is 25.3. The molecule has 0 saturated heterocycles. The number of hydrogen-bond donors (Lipinski definition) is 1. The van der Waals surface area contributed by atoms with E-state index >= 15 is 0 Å². The van der Waals surface area contributed by atoms with Crippen LogP contribution in [-0.4, -0.2) is 35.9 Å². The predicted octanol–water partition coefficient (Wildman–Crippen LogP) is 5.19. The monoisotopic (exact) mass is 478 g/mol. The Morgan fingerprint density at radius 2 is 1.71 bits per heavy atom. The maximum absolute atomic E-state index is 13.5. The van der Waals surface area contributed by atoms with E-state index in [1.54, 1.807) is 29.2 Å². The van der Waals surface area contributed by atoms with Gasteiger partial charge in [0, 0.05) is 24.5 Å². The molecule has 5 nitrogen and oxygen atoms in total. The van der Waals surface area contributed by atoms with Crippen molar-refractivity contribution in [1.29, 1.82) is 0 Å². The fourth-order valence-electron chi connectivity index (χ4n) is 3.59. The summed E-state index contributed by atoms with van der Waals surface area (Å²) in [5.74, 6) is 0.0632. The van der Waals surface area contributed by atoms with E-state index in [9.17, 15) is 9.59 Å². The molecule has 3 aromatic rings. The van der Waals surface area contributed by atoms with E-state index in [0.717, 1.165) is 23.1 Å². The van der Waals surface area contributed by atoms with Crippen LogP contribution >= 0.6 is 11.6 Å². The van der Waals surface area contributed by atoms with E-state index in [1.165, 1.54) is 0 Å². The summed E-state index contributed by atoms with van der Waals surface area (Å²) in [7, 11) is 0. The molecule has 0 radical (unpaired) electrons. The van der Waals surface area contributed by atoms with Gasteiger partial charge in [0.25, 0.3) is 5.91 Å². The van der Waals surface area contributed by atoms with Gasteiger partial charge >= 0.3 is 0 Å². The Bertz CT molecular complexity index is 1070. The van der Waals surface area contributed by atoms with Crippen LogP contribution in [0.1, 0.15) is 30.0 Å². The average Bonchev–Trinajstić information content (AvgIpc) is 2.85. The molecule has 0 unspecified atom stereocenters. The molecular weight excluding hydrogens is 448 g/mol. The van der Waals surface area contributed by atoms with E-state index < -0.39 is 6.04 Å². The van der Waals surface area contributed by atoms with Crippen molar-refractivity contribution in [2.24, 2.45) is 0 Å². The first-order chi connectivity index (χ1) is 16.5. The van der Waals surface area contributed by atoms with Crippen molar-refractivity contribution in [2.45, 2.75) is 39.3 Å². The summed E-state index contributed by atoms with van der Waals surface area (Å²) in [6.07, 6.45) is 1.22. The van der Waals surface area contributed by atoms with E-state index in [4.69, 9.17) is 16.3 Å². The first-order valence-electron chi connectivity index (χ1n) is 11.5. The fourth-order valence-corrected chi connectivity index (χ4v) is 3.78. The molecule has 0 aliphatic carbocycles. The van der Waals surface area contributed by atoms with E-state index in [2.05, 4.69) is 5.32 Å². The molecule has 2 amide bonds. The Hall–Kier alpha value is -3.31. The highest BCUT2D eigenvalue weighted by atomic mass is 35.5.